The van der Waals surface area contributed by atoms with Gasteiger partial charge < -0.3 is 20.9 Å². The zero-order valence-electron chi connectivity index (χ0n) is 13.2. The fraction of sp³-hybridized carbons (Fsp3) is 0.643. The van der Waals surface area contributed by atoms with Gasteiger partial charge in [-0.05, 0) is 13.0 Å². The summed E-state index contributed by atoms with van der Waals surface area (Å²) in [6, 6.07) is -0.687. The molecule has 122 valence electrons. The first-order valence-corrected chi connectivity index (χ1v) is 8.24. The Labute approximate surface area is 134 Å². The van der Waals surface area contributed by atoms with Gasteiger partial charge in [0.25, 0.3) is 0 Å². The van der Waals surface area contributed by atoms with Crippen molar-refractivity contribution in [2.45, 2.75) is 33.0 Å². The Morgan fingerprint density at radius 2 is 2.23 bits per heavy atom. The van der Waals surface area contributed by atoms with Gasteiger partial charge in [-0.2, -0.15) is 0 Å². The van der Waals surface area contributed by atoms with Crippen molar-refractivity contribution < 1.29 is 9.59 Å². The number of aromatic nitrogens is 1. The number of primary amides is 1. The molecule has 3 amide bonds. The third-order valence-corrected chi connectivity index (χ3v) is 4.56. The second kappa shape index (κ2) is 7.06. The van der Waals surface area contributed by atoms with Crippen molar-refractivity contribution in [2.75, 3.05) is 20.1 Å². The molecule has 0 saturated carbocycles. The number of nitrogens with one attached hydrogen (secondary N) is 1. The first-order chi connectivity index (χ1) is 10.4. The van der Waals surface area contributed by atoms with E-state index in [-0.39, 0.29) is 11.9 Å². The van der Waals surface area contributed by atoms with Gasteiger partial charge >= 0.3 is 6.03 Å². The van der Waals surface area contributed by atoms with Crippen LogP contribution in [0.2, 0.25) is 0 Å². The largest absolute Gasteiger partial charge is 0.368 e. The van der Waals surface area contributed by atoms with Gasteiger partial charge in [-0.25, -0.2) is 9.78 Å². The maximum Gasteiger partial charge on any atom is 0.321 e. The molecule has 0 bridgehead atoms. The summed E-state index contributed by atoms with van der Waals surface area (Å²) in [5, 5.41) is 6.02. The molecule has 7 nitrogen and oxygen atoms in total. The van der Waals surface area contributed by atoms with Crippen LogP contribution in [0, 0.1) is 5.92 Å². The number of carbonyl (C=O) groups excluding carboxylic acids is 2. The molecule has 22 heavy (non-hydrogen) atoms. The Morgan fingerprint density at radius 3 is 2.82 bits per heavy atom. The van der Waals surface area contributed by atoms with E-state index < -0.39 is 11.9 Å². The molecule has 1 aromatic rings. The molecule has 2 rings (SSSR count). The number of carbonyl (C=O) groups is 2. The summed E-state index contributed by atoms with van der Waals surface area (Å²) < 4.78 is 0. The van der Waals surface area contributed by atoms with Crippen molar-refractivity contribution in [3.05, 3.63) is 16.1 Å². The lowest BCUT2D eigenvalue weighted by Gasteiger charge is -2.28. The van der Waals surface area contributed by atoms with Gasteiger partial charge in [0, 0.05) is 25.0 Å². The van der Waals surface area contributed by atoms with E-state index in [0.29, 0.717) is 19.6 Å². The van der Waals surface area contributed by atoms with Gasteiger partial charge in [0.05, 0.1) is 12.2 Å². The van der Waals surface area contributed by atoms with Gasteiger partial charge in [0.15, 0.2) is 0 Å². The van der Waals surface area contributed by atoms with Crippen LogP contribution < -0.4 is 11.1 Å². The third-order valence-electron chi connectivity index (χ3n) is 3.67. The fourth-order valence-corrected chi connectivity index (χ4v) is 3.49. The van der Waals surface area contributed by atoms with E-state index in [2.05, 4.69) is 10.3 Å². The Balaban J connectivity index is 2.02. The lowest BCUT2D eigenvalue weighted by Crippen LogP contribution is -2.49. The maximum atomic E-state index is 12.5. The van der Waals surface area contributed by atoms with Gasteiger partial charge in [-0.1, -0.05) is 13.8 Å². The quantitative estimate of drug-likeness (QED) is 0.768. The molecule has 0 aromatic carbocycles. The van der Waals surface area contributed by atoms with Crippen LogP contribution >= 0.6 is 11.3 Å². The van der Waals surface area contributed by atoms with Crippen LogP contribution in [0.5, 0.6) is 0 Å². The summed E-state index contributed by atoms with van der Waals surface area (Å²) in [6.45, 7) is 6.11. The number of urea groups is 1. The maximum absolute atomic E-state index is 12.5. The van der Waals surface area contributed by atoms with Crippen LogP contribution in [-0.4, -0.2) is 52.9 Å². The average molecular weight is 325 g/mol. The van der Waals surface area contributed by atoms with E-state index in [0.717, 1.165) is 17.2 Å². The van der Waals surface area contributed by atoms with Crippen LogP contribution in [0.4, 0.5) is 4.79 Å². The Bertz CT molecular complexity index is 545. The van der Waals surface area contributed by atoms with Crippen LogP contribution in [0.3, 0.4) is 0 Å². The van der Waals surface area contributed by atoms with Crippen molar-refractivity contribution >= 4 is 23.3 Å². The van der Waals surface area contributed by atoms with E-state index in [1.165, 1.54) is 0 Å². The molecule has 1 saturated heterocycles. The van der Waals surface area contributed by atoms with Crippen LogP contribution in [0.25, 0.3) is 0 Å². The van der Waals surface area contributed by atoms with Crippen molar-refractivity contribution in [1.82, 2.24) is 20.1 Å². The van der Waals surface area contributed by atoms with Crippen molar-refractivity contribution in [3.63, 3.8) is 0 Å². The smallest absolute Gasteiger partial charge is 0.321 e. The van der Waals surface area contributed by atoms with E-state index in [9.17, 15) is 9.59 Å². The number of rotatable bonds is 7. The minimum absolute atomic E-state index is 0.00269. The zero-order valence-corrected chi connectivity index (χ0v) is 14.0. The second-order valence-corrected chi connectivity index (χ2v) is 6.69. The molecular formula is C14H23N5O2S. The fourth-order valence-electron chi connectivity index (χ4n) is 2.70. The highest BCUT2D eigenvalue weighted by molar-refractivity contribution is 7.09. The highest BCUT2D eigenvalue weighted by Gasteiger charge is 2.37. The number of amides is 3. The minimum atomic E-state index is -0.548. The van der Waals surface area contributed by atoms with Crippen LogP contribution in [-0.2, 0) is 17.9 Å². The summed E-state index contributed by atoms with van der Waals surface area (Å²) in [5.41, 5.74) is 6.33. The number of nitrogens with two attached hydrogens (primary N) is 1. The molecule has 1 atom stereocenters. The van der Waals surface area contributed by atoms with E-state index in [4.69, 9.17) is 5.73 Å². The molecule has 8 heteroatoms. The monoisotopic (exact) mass is 325 g/mol. The molecule has 0 spiro atoms. The molecule has 1 unspecified atom stereocenters. The summed E-state index contributed by atoms with van der Waals surface area (Å²) in [6.07, 6.45) is 0. The molecule has 3 N–H and O–H groups in total. The van der Waals surface area contributed by atoms with Gasteiger partial charge in [-0.3, -0.25) is 4.79 Å². The van der Waals surface area contributed by atoms with Gasteiger partial charge in [0.1, 0.15) is 11.0 Å². The Kier molecular flexibility index (Phi) is 5.36. The molecule has 0 radical (unpaired) electrons. The predicted molar refractivity (Wildman–Crippen MR) is 85.2 cm³/mol. The molecule has 1 aromatic heterocycles. The number of hydrogen-bond donors (Lipinski definition) is 2. The number of hydrogen-bond acceptors (Lipinski definition) is 5. The van der Waals surface area contributed by atoms with E-state index in [1.54, 1.807) is 21.1 Å². The predicted octanol–water partition coefficient (Wildman–Crippen LogP) is 0.610. The third kappa shape index (κ3) is 3.56. The molecular weight excluding hydrogens is 302 g/mol. The van der Waals surface area contributed by atoms with Crippen molar-refractivity contribution in [3.8, 4) is 0 Å². The lowest BCUT2D eigenvalue weighted by molar-refractivity contribution is -0.123. The first-order valence-electron chi connectivity index (χ1n) is 7.36. The summed E-state index contributed by atoms with van der Waals surface area (Å²) >= 11 is 1.58. The Morgan fingerprint density at radius 1 is 1.50 bits per heavy atom. The Hall–Kier alpha value is -1.67. The highest BCUT2D eigenvalue weighted by atomic mass is 32.1. The average Bonchev–Trinajstić information content (AvgIpc) is 3.00. The summed E-state index contributed by atoms with van der Waals surface area (Å²) in [5.74, 6) is -0.446. The standard InChI is InChI=1S/C14H23N5O2S/c1-9(2)12(13(15)20)19-5-4-18(14(19)21)7-10-8-22-11(17-10)6-16-3/h8-9,12,16H,4-7H2,1-3H3,(H2,15,20). The molecule has 1 fully saturated rings. The zero-order chi connectivity index (χ0) is 16.3. The molecule has 1 aliphatic rings. The van der Waals surface area contributed by atoms with E-state index in [1.807, 2.05) is 26.3 Å². The molecule has 2 heterocycles. The van der Waals surface area contributed by atoms with E-state index >= 15 is 0 Å². The highest BCUT2D eigenvalue weighted by Crippen LogP contribution is 2.20. The van der Waals surface area contributed by atoms with Crippen molar-refractivity contribution in [1.29, 1.82) is 0 Å². The molecule has 1 aliphatic heterocycles. The SMILES string of the molecule is CNCc1nc(CN2CCN(C(C(N)=O)C(C)C)C2=O)cs1. The van der Waals surface area contributed by atoms with Crippen LogP contribution in [0.1, 0.15) is 24.5 Å². The summed E-state index contributed by atoms with van der Waals surface area (Å²) in [7, 11) is 1.87. The van der Waals surface area contributed by atoms with Gasteiger partial charge in [-0.15, -0.1) is 11.3 Å². The molecule has 0 aliphatic carbocycles. The number of nitrogens with zero attached hydrogens (tertiary/aromatic N) is 3. The second-order valence-electron chi connectivity index (χ2n) is 5.75. The minimum Gasteiger partial charge on any atom is -0.368 e. The van der Waals surface area contributed by atoms with Crippen molar-refractivity contribution in [2.24, 2.45) is 11.7 Å². The topological polar surface area (TPSA) is 91.6 Å². The lowest BCUT2D eigenvalue weighted by atomic mass is 10.0. The number of thiazole rings is 1. The van der Waals surface area contributed by atoms with Crippen LogP contribution in [0.15, 0.2) is 5.38 Å². The first kappa shape index (κ1) is 16.7. The van der Waals surface area contributed by atoms with Gasteiger partial charge in [0.2, 0.25) is 5.91 Å². The summed E-state index contributed by atoms with van der Waals surface area (Å²) in [4.78, 5) is 31.9. The normalized spacial score (nSPS) is 16.6.